The Bertz CT molecular complexity index is 1750. The lowest BCUT2D eigenvalue weighted by molar-refractivity contribution is -0.132. The Kier molecular flexibility index (Phi) is 12.2. The zero-order valence-electron chi connectivity index (χ0n) is 28.0. The van der Waals surface area contributed by atoms with Crippen LogP contribution < -0.4 is 25.4 Å². The van der Waals surface area contributed by atoms with Crippen LogP contribution in [0.25, 0.3) is 22.5 Å². The van der Waals surface area contributed by atoms with Crippen LogP contribution in [0.5, 0.6) is 11.5 Å². The number of carbonyl (C=O) groups excluding carboxylic acids is 3. The van der Waals surface area contributed by atoms with Crippen molar-refractivity contribution < 1.29 is 23.9 Å². The van der Waals surface area contributed by atoms with Gasteiger partial charge in [-0.1, -0.05) is 24.3 Å². The summed E-state index contributed by atoms with van der Waals surface area (Å²) >= 11 is 0. The fourth-order valence-corrected chi connectivity index (χ4v) is 5.87. The summed E-state index contributed by atoms with van der Waals surface area (Å²) in [6, 6.07) is 18.7. The number of ether oxygens (including phenoxy) is 2. The van der Waals surface area contributed by atoms with Gasteiger partial charge in [0.25, 0.3) is 0 Å². The van der Waals surface area contributed by atoms with Crippen molar-refractivity contribution in [1.82, 2.24) is 30.2 Å². The van der Waals surface area contributed by atoms with E-state index in [1.807, 2.05) is 48.5 Å². The summed E-state index contributed by atoms with van der Waals surface area (Å²) in [5, 5.41) is 8.98. The minimum Gasteiger partial charge on any atom is -0.496 e. The molecule has 4 aromatic rings. The number of anilines is 2. The molecule has 3 N–H and O–H groups in total. The van der Waals surface area contributed by atoms with Crippen LogP contribution in [0.1, 0.15) is 32.6 Å². The molecule has 2 unspecified atom stereocenters. The molecule has 3 amide bonds. The van der Waals surface area contributed by atoms with E-state index in [-0.39, 0.29) is 29.6 Å². The molecule has 0 radical (unpaired) electrons. The fourth-order valence-electron chi connectivity index (χ4n) is 5.87. The quantitative estimate of drug-likeness (QED) is 0.245. The molecule has 2 aromatic carbocycles. The van der Waals surface area contributed by atoms with Crippen molar-refractivity contribution in [3.05, 3.63) is 73.3 Å². The number of nitrogens with zero attached hydrogens (tertiary/aromatic N) is 5. The lowest BCUT2D eigenvalue weighted by Crippen LogP contribution is -2.42. The highest BCUT2D eigenvalue weighted by Crippen LogP contribution is 2.30. The highest BCUT2D eigenvalue weighted by molar-refractivity contribution is 5.93. The van der Waals surface area contributed by atoms with E-state index in [0.717, 1.165) is 61.3 Å². The average Bonchev–Trinajstić information content (AvgIpc) is 3.15. The summed E-state index contributed by atoms with van der Waals surface area (Å²) in [5.74, 6) is 2.03. The van der Waals surface area contributed by atoms with Crippen LogP contribution in [0, 0.1) is 11.8 Å². The number of carbonyl (C=O) groups is 3. The molecule has 2 aromatic heterocycles. The Morgan fingerprint density at radius 1 is 0.755 bits per heavy atom. The molecule has 13 heteroatoms. The standard InChI is InChI=1S/C19H22N4O3.C17H20N4O2/c1-13(24)23-9-5-6-14(11-23)19(25)22-18-10-16(20-12-21-18)15-7-3-4-8-17(15)26-2;1-23-15-7-3-2-6-13(15)14-9-16(20-11-19-14)21-17(22)12-5-4-8-18-10-12/h3-4,7-8,10,12,14H,5-6,9,11H2,1-2H3,(H,20,21,22,25);2-3,6-7,9,11-12,18H,4-5,8,10H2,1H3,(H,19,20,21,22). The zero-order valence-corrected chi connectivity index (χ0v) is 28.0. The maximum Gasteiger partial charge on any atom is 0.230 e. The predicted molar refractivity (Wildman–Crippen MR) is 186 cm³/mol. The van der Waals surface area contributed by atoms with Crippen molar-refractivity contribution in [3.8, 4) is 34.0 Å². The summed E-state index contributed by atoms with van der Waals surface area (Å²) in [4.78, 5) is 55.0. The number of para-hydroxylation sites is 2. The minimum atomic E-state index is -0.225. The summed E-state index contributed by atoms with van der Waals surface area (Å²) in [6.07, 6.45) is 6.39. The minimum absolute atomic E-state index is 0.00174. The largest absolute Gasteiger partial charge is 0.496 e. The molecule has 49 heavy (non-hydrogen) atoms. The Labute approximate surface area is 285 Å². The number of rotatable bonds is 8. The van der Waals surface area contributed by atoms with Crippen LogP contribution >= 0.6 is 0 Å². The monoisotopic (exact) mass is 666 g/mol. The van der Waals surface area contributed by atoms with E-state index in [1.54, 1.807) is 31.3 Å². The van der Waals surface area contributed by atoms with Gasteiger partial charge in [-0.15, -0.1) is 0 Å². The maximum absolute atomic E-state index is 12.6. The lowest BCUT2D eigenvalue weighted by Gasteiger charge is -2.31. The normalized spacial score (nSPS) is 17.2. The SMILES string of the molecule is COc1ccccc1-c1cc(NC(=O)C2CCCN(C(C)=O)C2)ncn1.COc1ccccc1-c1cc(NC(=O)C2CCCNC2)ncn1. The van der Waals surface area contributed by atoms with Crippen molar-refractivity contribution in [2.45, 2.75) is 32.6 Å². The molecule has 0 bridgehead atoms. The number of hydrogen-bond acceptors (Lipinski definition) is 10. The molecule has 13 nitrogen and oxygen atoms in total. The van der Waals surface area contributed by atoms with Crippen molar-refractivity contribution >= 4 is 29.4 Å². The number of methoxy groups -OCH3 is 2. The van der Waals surface area contributed by atoms with E-state index in [0.29, 0.717) is 36.2 Å². The van der Waals surface area contributed by atoms with Crippen LogP contribution in [-0.4, -0.2) is 83.0 Å². The molecule has 2 aliphatic rings. The first kappa shape index (κ1) is 34.9. The molecule has 256 valence electrons. The third-order valence-corrected chi connectivity index (χ3v) is 8.51. The first-order valence-corrected chi connectivity index (χ1v) is 16.3. The molecule has 0 spiro atoms. The van der Waals surface area contributed by atoms with Crippen LogP contribution in [0.3, 0.4) is 0 Å². The third kappa shape index (κ3) is 9.35. The Morgan fingerprint density at radius 3 is 1.80 bits per heavy atom. The number of aromatic nitrogens is 4. The number of amides is 3. The van der Waals surface area contributed by atoms with Crippen molar-refractivity contribution in [3.63, 3.8) is 0 Å². The summed E-state index contributed by atoms with van der Waals surface area (Å²) in [5.41, 5.74) is 3.08. The van der Waals surface area contributed by atoms with Gasteiger partial charge < -0.3 is 30.3 Å². The van der Waals surface area contributed by atoms with Crippen molar-refractivity contribution in [2.24, 2.45) is 11.8 Å². The molecule has 2 atom stereocenters. The molecular weight excluding hydrogens is 624 g/mol. The van der Waals surface area contributed by atoms with Crippen molar-refractivity contribution in [2.75, 3.05) is 51.0 Å². The van der Waals surface area contributed by atoms with E-state index >= 15 is 0 Å². The lowest BCUT2D eigenvalue weighted by atomic mass is 9.97. The van der Waals surface area contributed by atoms with E-state index in [4.69, 9.17) is 9.47 Å². The van der Waals surface area contributed by atoms with Gasteiger partial charge in [0.05, 0.1) is 37.4 Å². The highest BCUT2D eigenvalue weighted by Gasteiger charge is 2.27. The molecule has 2 fully saturated rings. The maximum atomic E-state index is 12.6. The van der Waals surface area contributed by atoms with E-state index in [1.165, 1.54) is 19.6 Å². The molecule has 2 saturated heterocycles. The number of nitrogens with one attached hydrogen (secondary N) is 3. The molecule has 6 rings (SSSR count). The van der Waals surface area contributed by atoms with Gasteiger partial charge in [0, 0.05) is 49.8 Å². The van der Waals surface area contributed by atoms with E-state index < -0.39 is 0 Å². The number of piperidine rings is 2. The van der Waals surface area contributed by atoms with Crippen LogP contribution in [-0.2, 0) is 14.4 Å². The second-order valence-electron chi connectivity index (χ2n) is 11.8. The number of likely N-dealkylation sites (tertiary alicyclic amines) is 1. The fraction of sp³-hybridized carbons (Fsp3) is 0.361. The molecule has 2 aliphatic heterocycles. The van der Waals surface area contributed by atoms with Gasteiger partial charge in [-0.3, -0.25) is 14.4 Å². The van der Waals surface area contributed by atoms with Crippen molar-refractivity contribution in [1.29, 1.82) is 0 Å². The van der Waals surface area contributed by atoms with Gasteiger partial charge >= 0.3 is 0 Å². The first-order valence-electron chi connectivity index (χ1n) is 16.3. The Morgan fingerprint density at radius 2 is 1.29 bits per heavy atom. The van der Waals surface area contributed by atoms with Gasteiger partial charge in [-0.2, -0.15) is 0 Å². The van der Waals surface area contributed by atoms with E-state index in [2.05, 4.69) is 35.9 Å². The highest BCUT2D eigenvalue weighted by atomic mass is 16.5. The topological polar surface area (TPSA) is 161 Å². The second-order valence-corrected chi connectivity index (χ2v) is 11.8. The molecule has 4 heterocycles. The molecule has 0 saturated carbocycles. The molecule has 0 aliphatic carbocycles. The second kappa shape index (κ2) is 17.1. The van der Waals surface area contributed by atoms with Gasteiger partial charge in [0.1, 0.15) is 35.8 Å². The summed E-state index contributed by atoms with van der Waals surface area (Å²) < 4.78 is 10.7. The smallest absolute Gasteiger partial charge is 0.230 e. The number of hydrogen-bond donors (Lipinski definition) is 3. The van der Waals surface area contributed by atoms with Crippen LogP contribution in [0.4, 0.5) is 11.6 Å². The van der Waals surface area contributed by atoms with Crippen LogP contribution in [0.2, 0.25) is 0 Å². The van der Waals surface area contributed by atoms with E-state index in [9.17, 15) is 14.4 Å². The molecular formula is C36H42N8O5. The first-order chi connectivity index (χ1) is 23.9. The van der Waals surface area contributed by atoms with Gasteiger partial charge in [-0.05, 0) is 56.5 Å². The van der Waals surface area contributed by atoms with Gasteiger partial charge in [0.2, 0.25) is 17.7 Å². The van der Waals surface area contributed by atoms with Gasteiger partial charge in [0.15, 0.2) is 0 Å². The number of benzene rings is 2. The predicted octanol–water partition coefficient (Wildman–Crippen LogP) is 4.44. The van der Waals surface area contributed by atoms with Crippen LogP contribution in [0.15, 0.2) is 73.3 Å². The third-order valence-electron chi connectivity index (χ3n) is 8.51. The Hall–Kier alpha value is -5.43. The average molecular weight is 667 g/mol. The Balaban J connectivity index is 0.000000192. The summed E-state index contributed by atoms with van der Waals surface area (Å²) in [7, 11) is 3.23. The summed E-state index contributed by atoms with van der Waals surface area (Å²) in [6.45, 7) is 4.39. The zero-order chi connectivity index (χ0) is 34.6. The van der Waals surface area contributed by atoms with Gasteiger partial charge in [-0.25, -0.2) is 19.9 Å².